The van der Waals surface area contributed by atoms with Gasteiger partial charge in [-0.2, -0.15) is 0 Å². The summed E-state index contributed by atoms with van der Waals surface area (Å²) in [7, 11) is 0. The summed E-state index contributed by atoms with van der Waals surface area (Å²) in [6, 6.07) is 16.5. The molecule has 3 aromatic carbocycles. The minimum absolute atomic E-state index is 0.235. The normalized spacial score (nSPS) is 14.9. The van der Waals surface area contributed by atoms with Crippen LogP contribution in [0.25, 0.3) is 16.8 Å². The smallest absolute Gasteiger partial charge is 0.294 e. The molecular weight excluding hydrogens is 431 g/mol. The van der Waals surface area contributed by atoms with Gasteiger partial charge in [0.1, 0.15) is 18.1 Å². The predicted molar refractivity (Wildman–Crippen MR) is 123 cm³/mol. The van der Waals surface area contributed by atoms with Gasteiger partial charge in [-0.15, -0.1) is 0 Å². The molecule has 0 radical (unpaired) electrons. The van der Waals surface area contributed by atoms with Crippen molar-refractivity contribution < 1.29 is 23.5 Å². The topological polar surface area (TPSA) is 75.7 Å². The van der Waals surface area contributed by atoms with Crippen LogP contribution >= 0.6 is 11.8 Å². The summed E-state index contributed by atoms with van der Waals surface area (Å²) in [5.74, 6) is -0.773. The van der Waals surface area contributed by atoms with E-state index in [2.05, 4.69) is 5.32 Å². The molecule has 1 aliphatic heterocycles. The van der Waals surface area contributed by atoms with Crippen molar-refractivity contribution in [3.8, 4) is 5.75 Å². The summed E-state index contributed by atoms with van der Waals surface area (Å²) in [4.78, 5) is 38.6. The molecule has 1 N–H and O–H groups in total. The zero-order chi connectivity index (χ0) is 22.7. The lowest BCUT2D eigenvalue weighted by atomic mass is 10.0. The highest BCUT2D eigenvalue weighted by Gasteiger charge is 2.36. The number of nitrogens with zero attached hydrogens (tertiary/aromatic N) is 1. The lowest BCUT2D eigenvalue weighted by Gasteiger charge is -2.12. The number of rotatable bonds is 6. The summed E-state index contributed by atoms with van der Waals surface area (Å²) >= 11 is 0.788. The Morgan fingerprint density at radius 2 is 1.78 bits per heavy atom. The second-order valence-electron chi connectivity index (χ2n) is 6.95. The number of carbonyl (C=O) groups excluding carboxylic acids is 3. The molecule has 0 saturated carbocycles. The van der Waals surface area contributed by atoms with Crippen LogP contribution in [0.15, 0.2) is 65.6 Å². The first kappa shape index (κ1) is 21.6. The molecule has 3 aromatic rings. The Morgan fingerprint density at radius 1 is 1.06 bits per heavy atom. The summed E-state index contributed by atoms with van der Waals surface area (Å²) < 4.78 is 18.7. The maximum atomic E-state index is 13.0. The number of anilines is 1. The second-order valence-corrected chi connectivity index (χ2v) is 7.95. The van der Waals surface area contributed by atoms with Crippen LogP contribution in [-0.2, 0) is 9.59 Å². The van der Waals surface area contributed by atoms with Crippen molar-refractivity contribution in [3.05, 3.63) is 76.9 Å². The van der Waals surface area contributed by atoms with Gasteiger partial charge in [0.15, 0.2) is 0 Å². The number of halogens is 1. The molecule has 8 heteroatoms. The molecule has 0 bridgehead atoms. The Bertz CT molecular complexity index is 1240. The summed E-state index contributed by atoms with van der Waals surface area (Å²) in [5, 5.41) is 3.82. The van der Waals surface area contributed by atoms with E-state index in [4.69, 9.17) is 4.74 Å². The fourth-order valence-electron chi connectivity index (χ4n) is 3.36. The second kappa shape index (κ2) is 9.23. The average Bonchev–Trinajstić information content (AvgIpc) is 3.04. The van der Waals surface area contributed by atoms with Crippen LogP contribution in [0, 0.1) is 5.82 Å². The molecule has 4 rings (SSSR count). The quantitative estimate of drug-likeness (QED) is 0.532. The monoisotopic (exact) mass is 450 g/mol. The van der Waals surface area contributed by atoms with E-state index in [9.17, 15) is 18.8 Å². The number of imide groups is 1. The van der Waals surface area contributed by atoms with E-state index >= 15 is 0 Å². The zero-order valence-electron chi connectivity index (χ0n) is 17.1. The third-order valence-corrected chi connectivity index (χ3v) is 5.71. The van der Waals surface area contributed by atoms with E-state index in [1.807, 2.05) is 43.3 Å². The Balaban J connectivity index is 1.54. The number of hydrogen-bond acceptors (Lipinski definition) is 5. The first-order valence-electron chi connectivity index (χ1n) is 9.91. The van der Waals surface area contributed by atoms with Crippen LogP contribution in [0.2, 0.25) is 0 Å². The van der Waals surface area contributed by atoms with Gasteiger partial charge in [0.25, 0.3) is 11.1 Å². The van der Waals surface area contributed by atoms with E-state index < -0.39 is 29.4 Å². The number of amides is 3. The van der Waals surface area contributed by atoms with Gasteiger partial charge in [-0.05, 0) is 66.0 Å². The van der Waals surface area contributed by atoms with Crippen LogP contribution in [0.3, 0.4) is 0 Å². The van der Waals surface area contributed by atoms with Crippen LogP contribution in [-0.4, -0.2) is 35.1 Å². The molecule has 0 aliphatic carbocycles. The molecule has 6 nitrogen and oxygen atoms in total. The van der Waals surface area contributed by atoms with Crippen LogP contribution in [0.5, 0.6) is 5.75 Å². The molecule has 3 amide bonds. The molecule has 1 heterocycles. The third-order valence-electron chi connectivity index (χ3n) is 4.81. The van der Waals surface area contributed by atoms with E-state index in [-0.39, 0.29) is 4.91 Å². The van der Waals surface area contributed by atoms with Crippen molar-refractivity contribution in [3.63, 3.8) is 0 Å². The molecule has 162 valence electrons. The van der Waals surface area contributed by atoms with Crippen molar-refractivity contribution >= 4 is 51.4 Å². The third kappa shape index (κ3) is 4.50. The van der Waals surface area contributed by atoms with Gasteiger partial charge in [-0.25, -0.2) is 4.39 Å². The first-order valence-corrected chi connectivity index (χ1v) is 10.7. The zero-order valence-corrected chi connectivity index (χ0v) is 17.9. The Hall–Kier alpha value is -3.65. The number of ether oxygens (including phenoxy) is 1. The molecule has 1 saturated heterocycles. The maximum absolute atomic E-state index is 13.0. The van der Waals surface area contributed by atoms with Crippen molar-refractivity contribution in [1.82, 2.24) is 4.90 Å². The fourth-order valence-corrected chi connectivity index (χ4v) is 4.19. The minimum atomic E-state index is -0.549. The van der Waals surface area contributed by atoms with Crippen LogP contribution in [0.4, 0.5) is 14.9 Å². The predicted octanol–water partition coefficient (Wildman–Crippen LogP) is 5.05. The molecule has 0 aromatic heterocycles. The van der Waals surface area contributed by atoms with Crippen molar-refractivity contribution in [2.75, 3.05) is 18.5 Å². The highest BCUT2D eigenvalue weighted by Crippen LogP contribution is 2.35. The summed E-state index contributed by atoms with van der Waals surface area (Å²) in [6.07, 6.45) is 1.65. The van der Waals surface area contributed by atoms with Crippen LogP contribution in [0.1, 0.15) is 12.5 Å². The van der Waals surface area contributed by atoms with Gasteiger partial charge >= 0.3 is 0 Å². The number of benzene rings is 3. The summed E-state index contributed by atoms with van der Waals surface area (Å²) in [5.41, 5.74) is 1.14. The highest BCUT2D eigenvalue weighted by atomic mass is 32.2. The molecule has 0 spiro atoms. The molecule has 32 heavy (non-hydrogen) atoms. The Labute approximate surface area is 188 Å². The number of hydrogen-bond donors (Lipinski definition) is 1. The number of nitrogens with one attached hydrogen (secondary N) is 1. The number of fused-ring (bicyclic) bond motifs is 1. The first-order chi connectivity index (χ1) is 15.5. The van der Waals surface area contributed by atoms with E-state index in [1.165, 1.54) is 24.3 Å². The maximum Gasteiger partial charge on any atom is 0.294 e. The minimum Gasteiger partial charge on any atom is -0.493 e. The number of thioether (sulfide) groups is 1. The Kier molecular flexibility index (Phi) is 6.23. The van der Waals surface area contributed by atoms with Crippen molar-refractivity contribution in [2.24, 2.45) is 0 Å². The standard InChI is InChI=1S/C24H19FN2O4S/c1-2-31-20-12-7-15(18-5-3-4-6-19(18)20)13-21-23(29)27(24(30)32-21)14-22(28)26-17-10-8-16(25)9-11-17/h3-13H,2,14H2,1H3,(H,26,28)/b21-13-. The lowest BCUT2D eigenvalue weighted by Crippen LogP contribution is -2.36. The van der Waals surface area contributed by atoms with Gasteiger partial charge in [-0.3, -0.25) is 19.3 Å². The largest absolute Gasteiger partial charge is 0.493 e. The van der Waals surface area contributed by atoms with E-state index in [0.717, 1.165) is 38.7 Å². The van der Waals surface area contributed by atoms with Crippen molar-refractivity contribution in [2.45, 2.75) is 6.92 Å². The van der Waals surface area contributed by atoms with Gasteiger partial charge < -0.3 is 10.1 Å². The SMILES string of the molecule is CCOc1ccc(/C=C2\SC(=O)N(CC(=O)Nc3ccc(F)cc3)C2=O)c2ccccc12. The Morgan fingerprint density at radius 3 is 2.50 bits per heavy atom. The summed E-state index contributed by atoms with van der Waals surface area (Å²) in [6.45, 7) is 2.01. The van der Waals surface area contributed by atoms with Gasteiger partial charge in [-0.1, -0.05) is 30.3 Å². The molecule has 1 fully saturated rings. The molecule has 0 atom stereocenters. The van der Waals surface area contributed by atoms with E-state index in [1.54, 1.807) is 6.08 Å². The molecule has 0 unspecified atom stereocenters. The van der Waals surface area contributed by atoms with Gasteiger partial charge in [0.2, 0.25) is 5.91 Å². The number of carbonyl (C=O) groups is 3. The lowest BCUT2D eigenvalue weighted by molar-refractivity contribution is -0.127. The van der Waals surface area contributed by atoms with Gasteiger partial charge in [0, 0.05) is 11.1 Å². The average molecular weight is 450 g/mol. The fraction of sp³-hybridized carbons (Fsp3) is 0.125. The van der Waals surface area contributed by atoms with Crippen LogP contribution < -0.4 is 10.1 Å². The highest BCUT2D eigenvalue weighted by molar-refractivity contribution is 8.18. The molecule has 1 aliphatic rings. The molecular formula is C24H19FN2O4S. The van der Waals surface area contributed by atoms with Gasteiger partial charge in [0.05, 0.1) is 11.5 Å². The van der Waals surface area contributed by atoms with E-state index in [0.29, 0.717) is 12.3 Å². The van der Waals surface area contributed by atoms with Crippen molar-refractivity contribution in [1.29, 1.82) is 0 Å².